The lowest BCUT2D eigenvalue weighted by molar-refractivity contribution is 0.00578. The normalized spacial score (nSPS) is 30.6. The SMILES string of the molecule is C/C(=C/B1OC(C)(C)C(C)(C)O1)C1(C)CC1. The van der Waals surface area contributed by atoms with Crippen molar-refractivity contribution in [3.63, 3.8) is 0 Å². The molecule has 2 aliphatic rings. The van der Waals surface area contributed by atoms with Gasteiger partial charge in [0.1, 0.15) is 0 Å². The van der Waals surface area contributed by atoms with Crippen LogP contribution in [0.2, 0.25) is 0 Å². The molecule has 90 valence electrons. The highest BCUT2D eigenvalue weighted by molar-refractivity contribution is 6.51. The highest BCUT2D eigenvalue weighted by Gasteiger charge is 2.51. The standard InChI is InChI=1S/C13H23BO2/c1-10(13(6)7-8-13)9-14-15-11(2,3)12(4,5)16-14/h9H,7-8H2,1-6H3/b10-9-. The number of hydrogen-bond donors (Lipinski definition) is 0. The monoisotopic (exact) mass is 222 g/mol. The van der Waals surface area contributed by atoms with Crippen LogP contribution in [0, 0.1) is 5.41 Å². The van der Waals surface area contributed by atoms with Crippen LogP contribution in [-0.2, 0) is 9.31 Å². The fourth-order valence-corrected chi connectivity index (χ4v) is 1.94. The van der Waals surface area contributed by atoms with Crippen LogP contribution >= 0.6 is 0 Å². The van der Waals surface area contributed by atoms with Crippen LogP contribution in [0.15, 0.2) is 11.5 Å². The second-order valence-corrected chi connectivity index (χ2v) is 6.54. The van der Waals surface area contributed by atoms with E-state index in [9.17, 15) is 0 Å². The van der Waals surface area contributed by atoms with Gasteiger partial charge in [0.05, 0.1) is 11.2 Å². The van der Waals surface area contributed by atoms with Gasteiger partial charge >= 0.3 is 7.12 Å². The minimum Gasteiger partial charge on any atom is -0.400 e. The van der Waals surface area contributed by atoms with E-state index in [-0.39, 0.29) is 18.3 Å². The predicted octanol–water partition coefficient (Wildman–Crippen LogP) is 3.36. The summed E-state index contributed by atoms with van der Waals surface area (Å²) in [5.74, 6) is 2.16. The second kappa shape index (κ2) is 3.36. The number of rotatable bonds is 2. The zero-order chi connectivity index (χ0) is 12.2. The van der Waals surface area contributed by atoms with E-state index in [0.29, 0.717) is 5.41 Å². The molecule has 2 nitrogen and oxygen atoms in total. The number of allylic oxidation sites excluding steroid dienone is 1. The summed E-state index contributed by atoms with van der Waals surface area (Å²) in [4.78, 5) is 0. The van der Waals surface area contributed by atoms with Crippen LogP contribution in [-0.4, -0.2) is 18.3 Å². The van der Waals surface area contributed by atoms with E-state index in [0.717, 1.165) is 0 Å². The van der Waals surface area contributed by atoms with E-state index in [1.165, 1.54) is 18.4 Å². The molecular formula is C13H23BO2. The van der Waals surface area contributed by atoms with Crippen molar-refractivity contribution in [2.45, 2.75) is 65.6 Å². The quantitative estimate of drug-likeness (QED) is 0.667. The Bertz CT molecular complexity index is 311. The van der Waals surface area contributed by atoms with Gasteiger partial charge in [0.2, 0.25) is 0 Å². The topological polar surface area (TPSA) is 18.5 Å². The summed E-state index contributed by atoms with van der Waals surface area (Å²) < 4.78 is 11.9. The molecule has 3 heteroatoms. The molecule has 0 radical (unpaired) electrons. The molecule has 2 rings (SSSR count). The minimum absolute atomic E-state index is 0.178. The third-order valence-electron chi connectivity index (χ3n) is 4.61. The molecular weight excluding hydrogens is 199 g/mol. The summed E-state index contributed by atoms with van der Waals surface area (Å²) in [5, 5.41) is 0. The van der Waals surface area contributed by atoms with Crippen LogP contribution in [0.4, 0.5) is 0 Å². The third-order valence-corrected chi connectivity index (χ3v) is 4.61. The average molecular weight is 222 g/mol. The Hall–Kier alpha value is -0.275. The van der Waals surface area contributed by atoms with Crippen molar-refractivity contribution >= 4 is 7.12 Å². The molecule has 1 aliphatic carbocycles. The van der Waals surface area contributed by atoms with Gasteiger partial charge in [0, 0.05) is 0 Å². The first-order valence-corrected chi connectivity index (χ1v) is 6.21. The molecule has 0 spiro atoms. The first-order chi connectivity index (χ1) is 7.16. The van der Waals surface area contributed by atoms with Gasteiger partial charge in [-0.05, 0) is 52.9 Å². The van der Waals surface area contributed by atoms with E-state index in [2.05, 4.69) is 47.5 Å². The molecule has 1 saturated carbocycles. The highest BCUT2D eigenvalue weighted by Crippen LogP contribution is 2.51. The lowest BCUT2D eigenvalue weighted by Gasteiger charge is -2.32. The zero-order valence-corrected chi connectivity index (χ0v) is 11.4. The summed E-state index contributed by atoms with van der Waals surface area (Å²) in [6.07, 6.45) is 2.60. The summed E-state index contributed by atoms with van der Waals surface area (Å²) >= 11 is 0. The minimum atomic E-state index is -0.223. The molecule has 0 bridgehead atoms. The second-order valence-electron chi connectivity index (χ2n) is 6.54. The van der Waals surface area contributed by atoms with Crippen LogP contribution in [0.1, 0.15) is 54.4 Å². The van der Waals surface area contributed by atoms with Crippen molar-refractivity contribution in [2.75, 3.05) is 0 Å². The summed E-state index contributed by atoms with van der Waals surface area (Å²) in [7, 11) is -0.178. The largest absolute Gasteiger partial charge is 0.487 e. The van der Waals surface area contributed by atoms with Crippen LogP contribution in [0.5, 0.6) is 0 Å². The fourth-order valence-electron chi connectivity index (χ4n) is 1.94. The molecule has 2 fully saturated rings. The Balaban J connectivity index is 2.10. The van der Waals surface area contributed by atoms with Gasteiger partial charge in [-0.3, -0.25) is 0 Å². The zero-order valence-electron chi connectivity index (χ0n) is 11.4. The molecule has 0 amide bonds. The first-order valence-electron chi connectivity index (χ1n) is 6.21. The maximum Gasteiger partial charge on any atom is 0.487 e. The van der Waals surface area contributed by atoms with E-state index in [1.807, 2.05) is 0 Å². The van der Waals surface area contributed by atoms with Gasteiger partial charge in [0.25, 0.3) is 0 Å². The maximum atomic E-state index is 5.96. The Morgan fingerprint density at radius 2 is 1.44 bits per heavy atom. The molecule has 0 aromatic rings. The van der Waals surface area contributed by atoms with Crippen molar-refractivity contribution in [1.29, 1.82) is 0 Å². The van der Waals surface area contributed by atoms with E-state index < -0.39 is 0 Å². The molecule has 1 aliphatic heterocycles. The smallest absolute Gasteiger partial charge is 0.400 e. The Labute approximate surface area is 99.5 Å². The van der Waals surface area contributed by atoms with Crippen molar-refractivity contribution in [1.82, 2.24) is 0 Å². The highest BCUT2D eigenvalue weighted by atomic mass is 16.7. The van der Waals surface area contributed by atoms with Gasteiger partial charge < -0.3 is 9.31 Å². The lowest BCUT2D eigenvalue weighted by Crippen LogP contribution is -2.41. The van der Waals surface area contributed by atoms with Crippen molar-refractivity contribution in [2.24, 2.45) is 5.41 Å². The summed E-state index contributed by atoms with van der Waals surface area (Å²) in [5.41, 5.74) is 1.38. The van der Waals surface area contributed by atoms with Crippen molar-refractivity contribution in [3.05, 3.63) is 11.5 Å². The van der Waals surface area contributed by atoms with E-state index in [1.54, 1.807) is 0 Å². The van der Waals surface area contributed by atoms with Crippen LogP contribution in [0.3, 0.4) is 0 Å². The molecule has 1 heterocycles. The Morgan fingerprint density at radius 1 is 1.00 bits per heavy atom. The van der Waals surface area contributed by atoms with Gasteiger partial charge in [-0.15, -0.1) is 0 Å². The van der Waals surface area contributed by atoms with Crippen LogP contribution < -0.4 is 0 Å². The van der Waals surface area contributed by atoms with Gasteiger partial charge in [-0.1, -0.05) is 18.5 Å². The van der Waals surface area contributed by atoms with Crippen molar-refractivity contribution < 1.29 is 9.31 Å². The number of hydrogen-bond acceptors (Lipinski definition) is 2. The van der Waals surface area contributed by atoms with Gasteiger partial charge in [0.15, 0.2) is 0 Å². The third kappa shape index (κ3) is 1.95. The molecule has 16 heavy (non-hydrogen) atoms. The Kier molecular flexibility index (Phi) is 2.56. The Morgan fingerprint density at radius 3 is 1.81 bits per heavy atom. The molecule has 0 aromatic heterocycles. The lowest BCUT2D eigenvalue weighted by atomic mass is 9.83. The molecule has 0 aromatic carbocycles. The summed E-state index contributed by atoms with van der Waals surface area (Å²) in [6, 6.07) is 0. The molecule has 0 unspecified atom stereocenters. The maximum absolute atomic E-state index is 5.96. The molecule has 0 N–H and O–H groups in total. The molecule has 0 atom stereocenters. The van der Waals surface area contributed by atoms with Gasteiger partial charge in [-0.2, -0.15) is 0 Å². The average Bonchev–Trinajstić information content (AvgIpc) is 2.78. The fraction of sp³-hybridized carbons (Fsp3) is 0.846. The van der Waals surface area contributed by atoms with E-state index in [4.69, 9.17) is 9.31 Å². The van der Waals surface area contributed by atoms with Crippen LogP contribution in [0.25, 0.3) is 0 Å². The van der Waals surface area contributed by atoms with Gasteiger partial charge in [-0.25, -0.2) is 0 Å². The first kappa shape index (κ1) is 12.2. The summed E-state index contributed by atoms with van der Waals surface area (Å²) in [6.45, 7) is 12.9. The van der Waals surface area contributed by atoms with E-state index >= 15 is 0 Å². The van der Waals surface area contributed by atoms with Crippen molar-refractivity contribution in [3.8, 4) is 0 Å². The molecule has 1 saturated heterocycles. The predicted molar refractivity (Wildman–Crippen MR) is 67.2 cm³/mol.